The molecule has 5 rings (SSSR count). The van der Waals surface area contributed by atoms with Crippen molar-refractivity contribution in [3.8, 4) is 0 Å². The summed E-state index contributed by atoms with van der Waals surface area (Å²) in [6.07, 6.45) is 8.81. The molecule has 0 N–H and O–H groups in total. The number of halogens is 4. The molecular formula is C21H34Cl4NPZr. The molecule has 0 saturated heterocycles. The van der Waals surface area contributed by atoms with Crippen molar-refractivity contribution in [2.75, 3.05) is 13.3 Å². The van der Waals surface area contributed by atoms with E-state index in [-0.39, 0.29) is 0 Å². The fourth-order valence-electron chi connectivity index (χ4n) is 7.07. The fraction of sp³-hybridized carbons (Fsp3) is 0.810. The van der Waals surface area contributed by atoms with Crippen LogP contribution in [-0.2, 0) is 15.5 Å². The SMILES string of the molecule is CC1=C(C)C(P(C)(C)=NC23CC4CC(CC(C4)C2)C3)C(C)=C1C.[Cl][Zr]([Cl])([Cl])[Cl]. The van der Waals surface area contributed by atoms with Crippen LogP contribution in [0.1, 0.15) is 66.2 Å². The van der Waals surface area contributed by atoms with Crippen LogP contribution in [0, 0.1) is 17.8 Å². The Morgan fingerprint density at radius 2 is 1.11 bits per heavy atom. The van der Waals surface area contributed by atoms with Crippen LogP contribution in [0.2, 0.25) is 0 Å². The molecule has 1 nitrogen and oxygen atoms in total. The number of nitrogens with zero attached hydrogens (tertiary/aromatic N) is 1. The molecule has 0 aromatic rings. The van der Waals surface area contributed by atoms with E-state index in [0.29, 0.717) is 11.2 Å². The van der Waals surface area contributed by atoms with Gasteiger partial charge in [0.2, 0.25) is 0 Å². The second kappa shape index (κ2) is 8.60. The van der Waals surface area contributed by atoms with E-state index in [0.717, 1.165) is 17.8 Å². The van der Waals surface area contributed by atoms with Crippen LogP contribution in [-0.4, -0.2) is 24.5 Å². The number of hydrogen-bond donors (Lipinski definition) is 0. The monoisotopic (exact) mass is 561 g/mol. The van der Waals surface area contributed by atoms with E-state index in [1.165, 1.54) is 38.5 Å². The Bertz CT molecular complexity index is 694. The first kappa shape index (κ1) is 24.4. The molecule has 5 aliphatic rings. The Hall–Kier alpha value is 1.75. The van der Waals surface area contributed by atoms with Gasteiger partial charge in [-0.3, -0.25) is 4.74 Å². The number of allylic oxidation sites excluding steroid dienone is 4. The quantitative estimate of drug-likeness (QED) is 0.297. The first-order valence-corrected chi connectivity index (χ1v) is 25.8. The van der Waals surface area contributed by atoms with Crippen LogP contribution in [0.4, 0.5) is 0 Å². The van der Waals surface area contributed by atoms with Crippen molar-refractivity contribution in [3.63, 3.8) is 0 Å². The molecule has 7 heteroatoms. The van der Waals surface area contributed by atoms with E-state index < -0.39 is 22.5 Å². The molecule has 160 valence electrons. The van der Waals surface area contributed by atoms with Gasteiger partial charge in [-0.2, -0.15) is 0 Å². The Balaban J connectivity index is 0.000000403. The third-order valence-electron chi connectivity index (χ3n) is 7.67. The molecule has 5 aliphatic carbocycles. The molecule has 0 atom stereocenters. The van der Waals surface area contributed by atoms with E-state index >= 15 is 0 Å². The van der Waals surface area contributed by atoms with Crippen molar-refractivity contribution in [1.82, 2.24) is 0 Å². The van der Waals surface area contributed by atoms with Gasteiger partial charge in [-0.1, -0.05) is 11.1 Å². The van der Waals surface area contributed by atoms with Crippen LogP contribution < -0.4 is 0 Å². The molecule has 0 unspecified atom stereocenters. The second-order valence-electron chi connectivity index (χ2n) is 10.2. The number of hydrogen-bond acceptors (Lipinski definition) is 1. The molecule has 4 bridgehead atoms. The van der Waals surface area contributed by atoms with E-state index in [2.05, 4.69) is 41.0 Å². The van der Waals surface area contributed by atoms with Crippen molar-refractivity contribution in [2.45, 2.75) is 77.4 Å². The van der Waals surface area contributed by atoms with Gasteiger partial charge in [-0.15, -0.1) is 0 Å². The van der Waals surface area contributed by atoms with E-state index in [1.54, 1.807) is 22.3 Å². The van der Waals surface area contributed by atoms with Gasteiger partial charge in [0.05, 0.1) is 5.54 Å². The average Bonchev–Trinajstić information content (AvgIpc) is 2.67. The molecule has 0 radical (unpaired) electrons. The first-order chi connectivity index (χ1) is 12.7. The summed E-state index contributed by atoms with van der Waals surface area (Å²) in [6, 6.07) is 0. The van der Waals surface area contributed by atoms with Crippen LogP contribution >= 0.6 is 41.1 Å². The van der Waals surface area contributed by atoms with Gasteiger partial charge in [0.1, 0.15) is 0 Å². The summed E-state index contributed by atoms with van der Waals surface area (Å²) in [7, 11) is 18.8. The predicted octanol–water partition coefficient (Wildman–Crippen LogP) is 9.23. The van der Waals surface area contributed by atoms with Gasteiger partial charge in [0.15, 0.2) is 0 Å². The summed E-state index contributed by atoms with van der Waals surface area (Å²) in [5.41, 5.74) is 7.33. The van der Waals surface area contributed by atoms with Crippen molar-refractivity contribution >= 4 is 41.1 Å². The number of rotatable bonds is 2. The Labute approximate surface area is 190 Å². The summed E-state index contributed by atoms with van der Waals surface area (Å²) in [6.45, 7) is 14.4. The predicted molar refractivity (Wildman–Crippen MR) is 126 cm³/mol. The molecule has 0 aromatic carbocycles. The summed E-state index contributed by atoms with van der Waals surface area (Å²) in [4.78, 5) is 0. The van der Waals surface area contributed by atoms with Gasteiger partial charge >= 0.3 is 49.5 Å². The van der Waals surface area contributed by atoms with E-state index in [9.17, 15) is 0 Å². The summed E-state index contributed by atoms with van der Waals surface area (Å²) in [5, 5.41) is 0. The van der Waals surface area contributed by atoms with Gasteiger partial charge in [0.25, 0.3) is 0 Å². The Morgan fingerprint density at radius 3 is 1.43 bits per heavy atom. The van der Waals surface area contributed by atoms with Crippen LogP contribution in [0.25, 0.3) is 0 Å². The van der Waals surface area contributed by atoms with Gasteiger partial charge in [-0.05, 0) is 116 Å². The van der Waals surface area contributed by atoms with Crippen LogP contribution in [0.15, 0.2) is 27.0 Å². The first-order valence-electron chi connectivity index (χ1n) is 10.4. The van der Waals surface area contributed by atoms with Crippen molar-refractivity contribution in [1.29, 1.82) is 0 Å². The molecule has 0 amide bonds. The van der Waals surface area contributed by atoms with Gasteiger partial charge < -0.3 is 0 Å². The second-order valence-corrected chi connectivity index (χ2v) is 36.2. The van der Waals surface area contributed by atoms with Gasteiger partial charge in [0, 0.05) is 5.66 Å². The molecular weight excluding hydrogens is 530 g/mol. The third-order valence-corrected chi connectivity index (χ3v) is 10.7. The molecule has 0 aliphatic heterocycles. The minimum absolute atomic E-state index is 0.372. The normalized spacial score (nSPS) is 35.4. The molecule has 28 heavy (non-hydrogen) atoms. The van der Waals surface area contributed by atoms with Crippen LogP contribution in [0.5, 0.6) is 0 Å². The standard InChI is InChI=1S/C21H34NP.4ClH.Zr/c1-13-14(2)16(4)20(15(13)3)23(5,6)22-21-10-17-7-18(11-21)9-19(8-17)12-21;;;;;/h17-20H,7-12H2,1-6H3;4*1H;/q;;;;;+4/p-4. The zero-order valence-corrected chi connectivity index (χ0v) is 24.3. The third kappa shape index (κ3) is 5.38. The maximum atomic E-state index is 5.79. The summed E-state index contributed by atoms with van der Waals surface area (Å²) >= 11 is -3.29. The van der Waals surface area contributed by atoms with E-state index in [4.69, 9.17) is 38.8 Å². The minimum atomic E-state index is -3.29. The maximum absolute atomic E-state index is 5.79. The Kier molecular flexibility index (Phi) is 7.49. The topological polar surface area (TPSA) is 12.4 Å². The molecule has 0 heterocycles. The zero-order chi connectivity index (χ0) is 21.1. The molecule has 0 aromatic heterocycles. The molecule has 0 spiro atoms. The van der Waals surface area contributed by atoms with Gasteiger partial charge in [-0.25, -0.2) is 0 Å². The van der Waals surface area contributed by atoms with Crippen molar-refractivity contribution in [2.24, 2.45) is 22.5 Å². The van der Waals surface area contributed by atoms with Crippen LogP contribution in [0.3, 0.4) is 0 Å². The van der Waals surface area contributed by atoms with Crippen molar-refractivity contribution in [3.05, 3.63) is 22.3 Å². The summed E-state index contributed by atoms with van der Waals surface area (Å²) in [5.74, 6) is 3.01. The fourth-order valence-corrected chi connectivity index (χ4v) is 10.8. The molecule has 4 fully saturated rings. The zero-order valence-electron chi connectivity index (χ0n) is 18.0. The average molecular weight is 565 g/mol. The molecule has 4 saturated carbocycles. The van der Waals surface area contributed by atoms with Crippen molar-refractivity contribution < 1.29 is 15.5 Å². The summed E-state index contributed by atoms with van der Waals surface area (Å²) < 4.78 is 5.79. The van der Waals surface area contributed by atoms with E-state index in [1.807, 2.05) is 0 Å². The Morgan fingerprint density at radius 1 is 0.786 bits per heavy atom.